The SMILES string of the molecule is COc1ccc(-c2cccc3c2CNC3=O)c(OC(C)(C)C(=O)OCC2CCC2)c1OC. The molecule has 0 saturated heterocycles. The quantitative estimate of drug-likeness (QED) is 0.623. The maximum Gasteiger partial charge on any atom is 0.349 e. The molecule has 1 saturated carbocycles. The van der Waals surface area contributed by atoms with E-state index in [2.05, 4.69) is 5.32 Å². The first-order valence-corrected chi connectivity index (χ1v) is 10.9. The molecule has 1 amide bonds. The number of carbonyl (C=O) groups is 2. The van der Waals surface area contributed by atoms with Crippen molar-refractivity contribution in [2.45, 2.75) is 45.3 Å². The Hall–Kier alpha value is -3.22. The lowest BCUT2D eigenvalue weighted by Gasteiger charge is -2.30. The fraction of sp³-hybridized carbons (Fsp3) is 0.440. The summed E-state index contributed by atoms with van der Waals surface area (Å²) in [6.45, 7) is 4.19. The van der Waals surface area contributed by atoms with E-state index in [9.17, 15) is 9.59 Å². The highest BCUT2D eigenvalue weighted by Crippen LogP contribution is 2.47. The van der Waals surface area contributed by atoms with Gasteiger partial charge in [0.05, 0.1) is 20.8 Å². The lowest BCUT2D eigenvalue weighted by atomic mass is 9.86. The lowest BCUT2D eigenvalue weighted by molar-refractivity contribution is -0.161. The van der Waals surface area contributed by atoms with E-state index in [0.29, 0.717) is 47.4 Å². The zero-order chi connectivity index (χ0) is 22.9. The van der Waals surface area contributed by atoms with Gasteiger partial charge >= 0.3 is 5.97 Å². The van der Waals surface area contributed by atoms with Crippen LogP contribution in [0.5, 0.6) is 17.2 Å². The molecule has 0 atom stereocenters. The summed E-state index contributed by atoms with van der Waals surface area (Å²) in [5, 5.41) is 2.86. The van der Waals surface area contributed by atoms with Gasteiger partial charge in [0.25, 0.3) is 5.91 Å². The number of benzene rings is 2. The van der Waals surface area contributed by atoms with Gasteiger partial charge < -0.3 is 24.3 Å². The summed E-state index contributed by atoms with van der Waals surface area (Å²) >= 11 is 0. The summed E-state index contributed by atoms with van der Waals surface area (Å²) in [6.07, 6.45) is 3.37. The molecule has 1 aliphatic carbocycles. The second-order valence-corrected chi connectivity index (χ2v) is 8.70. The van der Waals surface area contributed by atoms with Crippen molar-refractivity contribution in [2.75, 3.05) is 20.8 Å². The Morgan fingerprint density at radius 1 is 1.03 bits per heavy atom. The van der Waals surface area contributed by atoms with E-state index in [1.807, 2.05) is 18.2 Å². The molecule has 4 rings (SSSR count). The Morgan fingerprint density at radius 3 is 2.44 bits per heavy atom. The Bertz CT molecular complexity index is 1040. The van der Waals surface area contributed by atoms with Crippen molar-refractivity contribution in [1.29, 1.82) is 0 Å². The molecule has 7 nitrogen and oxygen atoms in total. The van der Waals surface area contributed by atoms with Gasteiger partial charge in [-0.3, -0.25) is 4.79 Å². The van der Waals surface area contributed by atoms with Crippen molar-refractivity contribution in [3.8, 4) is 28.4 Å². The van der Waals surface area contributed by atoms with E-state index in [4.69, 9.17) is 18.9 Å². The van der Waals surface area contributed by atoms with Crippen LogP contribution in [-0.4, -0.2) is 38.3 Å². The molecule has 7 heteroatoms. The summed E-state index contributed by atoms with van der Waals surface area (Å²) < 4.78 is 23.0. The minimum absolute atomic E-state index is 0.107. The number of carbonyl (C=O) groups excluding carboxylic acids is 2. The smallest absolute Gasteiger partial charge is 0.349 e. The van der Waals surface area contributed by atoms with Crippen molar-refractivity contribution in [3.63, 3.8) is 0 Å². The maximum absolute atomic E-state index is 12.9. The number of hydrogen-bond donors (Lipinski definition) is 1. The lowest BCUT2D eigenvalue weighted by Crippen LogP contribution is -2.41. The monoisotopic (exact) mass is 439 g/mol. The van der Waals surface area contributed by atoms with Gasteiger partial charge in [0.1, 0.15) is 0 Å². The normalized spacial score (nSPS) is 15.4. The minimum atomic E-state index is -1.26. The predicted molar refractivity (Wildman–Crippen MR) is 119 cm³/mol. The molecule has 1 N–H and O–H groups in total. The van der Waals surface area contributed by atoms with Gasteiger partial charge in [-0.2, -0.15) is 0 Å². The average Bonchev–Trinajstić information content (AvgIpc) is 3.13. The molecule has 0 radical (unpaired) electrons. The topological polar surface area (TPSA) is 83.1 Å². The molecule has 32 heavy (non-hydrogen) atoms. The number of amides is 1. The van der Waals surface area contributed by atoms with Gasteiger partial charge in [0, 0.05) is 17.7 Å². The highest BCUT2D eigenvalue weighted by molar-refractivity contribution is 6.01. The number of hydrogen-bond acceptors (Lipinski definition) is 6. The molecule has 2 aliphatic rings. The van der Waals surface area contributed by atoms with Gasteiger partial charge in [0.15, 0.2) is 17.1 Å². The third-order valence-corrected chi connectivity index (χ3v) is 6.16. The van der Waals surface area contributed by atoms with E-state index in [0.717, 1.165) is 24.0 Å². The number of rotatable bonds is 8. The van der Waals surface area contributed by atoms with Gasteiger partial charge in [0.2, 0.25) is 5.75 Å². The van der Waals surface area contributed by atoms with Crippen molar-refractivity contribution >= 4 is 11.9 Å². The van der Waals surface area contributed by atoms with E-state index in [-0.39, 0.29) is 5.91 Å². The molecule has 1 fully saturated rings. The van der Waals surface area contributed by atoms with Crippen LogP contribution in [0.15, 0.2) is 30.3 Å². The molecule has 170 valence electrons. The third-order valence-electron chi connectivity index (χ3n) is 6.16. The largest absolute Gasteiger partial charge is 0.493 e. The first-order valence-electron chi connectivity index (χ1n) is 10.9. The van der Waals surface area contributed by atoms with Crippen molar-refractivity contribution in [3.05, 3.63) is 41.5 Å². The molecule has 2 aromatic rings. The molecule has 0 aromatic heterocycles. The Labute approximate surface area is 188 Å². The summed E-state index contributed by atoms with van der Waals surface area (Å²) in [5.74, 6) is 1.12. The number of methoxy groups -OCH3 is 2. The summed E-state index contributed by atoms with van der Waals surface area (Å²) in [5.41, 5.74) is 1.78. The van der Waals surface area contributed by atoms with Gasteiger partial charge in [-0.25, -0.2) is 4.79 Å². The van der Waals surface area contributed by atoms with Crippen LogP contribution in [0.1, 0.15) is 49.0 Å². The first-order chi connectivity index (χ1) is 15.4. The molecule has 0 bridgehead atoms. The van der Waals surface area contributed by atoms with E-state index >= 15 is 0 Å². The van der Waals surface area contributed by atoms with Crippen LogP contribution in [0, 0.1) is 5.92 Å². The molecule has 0 unspecified atom stereocenters. The first kappa shape index (κ1) is 22.0. The second kappa shape index (κ2) is 8.73. The van der Waals surface area contributed by atoms with Gasteiger partial charge in [-0.05, 0) is 61.9 Å². The van der Waals surface area contributed by atoms with Crippen LogP contribution in [-0.2, 0) is 16.1 Å². The summed E-state index contributed by atoms with van der Waals surface area (Å²) in [6, 6.07) is 9.19. The van der Waals surface area contributed by atoms with Crippen molar-refractivity contribution in [1.82, 2.24) is 5.32 Å². The maximum atomic E-state index is 12.9. The van der Waals surface area contributed by atoms with Crippen molar-refractivity contribution in [2.24, 2.45) is 5.92 Å². The fourth-order valence-corrected chi connectivity index (χ4v) is 4.04. The highest BCUT2D eigenvalue weighted by atomic mass is 16.6. The standard InChI is InChI=1S/C25H29NO6/c1-25(2,24(28)31-14-15-7-5-8-15)32-21-17(11-12-20(29-3)22(21)30-4)16-9-6-10-18-19(16)13-26-23(18)27/h6,9-12,15H,5,7-8,13-14H2,1-4H3,(H,26,27). The molecule has 2 aromatic carbocycles. The van der Waals surface area contributed by atoms with Crippen LogP contribution >= 0.6 is 0 Å². The minimum Gasteiger partial charge on any atom is -0.493 e. The Balaban J connectivity index is 1.73. The zero-order valence-corrected chi connectivity index (χ0v) is 18.9. The summed E-state index contributed by atoms with van der Waals surface area (Å²) in [7, 11) is 3.07. The molecule has 1 aliphatic heterocycles. The second-order valence-electron chi connectivity index (χ2n) is 8.70. The number of fused-ring (bicyclic) bond motifs is 1. The van der Waals surface area contributed by atoms with Crippen LogP contribution in [0.2, 0.25) is 0 Å². The Morgan fingerprint density at radius 2 is 1.78 bits per heavy atom. The average molecular weight is 440 g/mol. The van der Waals surface area contributed by atoms with Crippen LogP contribution < -0.4 is 19.5 Å². The number of ether oxygens (including phenoxy) is 4. The van der Waals surface area contributed by atoms with Crippen molar-refractivity contribution < 1.29 is 28.5 Å². The highest BCUT2D eigenvalue weighted by Gasteiger charge is 2.36. The predicted octanol–water partition coefficient (Wildman–Crippen LogP) is 4.11. The van der Waals surface area contributed by atoms with E-state index in [1.165, 1.54) is 13.5 Å². The van der Waals surface area contributed by atoms with Gasteiger partial charge in [-0.1, -0.05) is 18.6 Å². The Kier molecular flexibility index (Phi) is 6.00. The van der Waals surface area contributed by atoms with Crippen LogP contribution in [0.3, 0.4) is 0 Å². The molecular formula is C25H29NO6. The van der Waals surface area contributed by atoms with Gasteiger partial charge in [-0.15, -0.1) is 0 Å². The fourth-order valence-electron chi connectivity index (χ4n) is 4.04. The number of esters is 1. The van der Waals surface area contributed by atoms with Crippen LogP contribution in [0.25, 0.3) is 11.1 Å². The number of nitrogens with one attached hydrogen (secondary N) is 1. The van der Waals surface area contributed by atoms with E-state index < -0.39 is 11.6 Å². The molecule has 1 heterocycles. The molecule has 0 spiro atoms. The summed E-state index contributed by atoms with van der Waals surface area (Å²) in [4.78, 5) is 25.1. The van der Waals surface area contributed by atoms with E-state index in [1.54, 1.807) is 33.1 Å². The third kappa shape index (κ3) is 3.99. The van der Waals surface area contributed by atoms with Crippen LogP contribution in [0.4, 0.5) is 0 Å². The zero-order valence-electron chi connectivity index (χ0n) is 18.9. The molecular weight excluding hydrogens is 410 g/mol.